The van der Waals surface area contributed by atoms with Crippen LogP contribution in [0.2, 0.25) is 5.02 Å². The van der Waals surface area contributed by atoms with Gasteiger partial charge in [0, 0.05) is 18.9 Å². The van der Waals surface area contributed by atoms with E-state index >= 15 is 0 Å². The number of aromatic nitrogens is 1. The Bertz CT molecular complexity index is 278. The van der Waals surface area contributed by atoms with Crippen LogP contribution < -0.4 is 5.32 Å². The van der Waals surface area contributed by atoms with E-state index in [1.807, 2.05) is 6.07 Å². The van der Waals surface area contributed by atoms with E-state index < -0.39 is 0 Å². The fourth-order valence-electron chi connectivity index (χ4n) is 0.879. The Kier molecular flexibility index (Phi) is 3.15. The van der Waals surface area contributed by atoms with Crippen LogP contribution in [0.3, 0.4) is 0 Å². The van der Waals surface area contributed by atoms with Crippen molar-refractivity contribution >= 4 is 17.3 Å². The molecule has 0 aliphatic heterocycles. The zero-order chi connectivity index (χ0) is 9.90. The molecule has 0 amide bonds. The molecule has 0 aliphatic carbocycles. The average Bonchev–Trinajstić information content (AvgIpc) is 2.01. The van der Waals surface area contributed by atoms with Crippen molar-refractivity contribution in [1.29, 1.82) is 0 Å². The van der Waals surface area contributed by atoms with Crippen molar-refractivity contribution in [3.8, 4) is 0 Å². The molecule has 0 saturated carbocycles. The monoisotopic (exact) mass is 198 g/mol. The Hall–Kier alpha value is -0.760. The number of rotatable bonds is 2. The number of nitrogens with zero attached hydrogens (tertiary/aromatic N) is 1. The first-order chi connectivity index (χ1) is 5.99. The van der Waals surface area contributed by atoms with Gasteiger partial charge in [-0.3, -0.25) is 4.98 Å². The van der Waals surface area contributed by atoms with E-state index in [0.29, 0.717) is 5.02 Å². The summed E-state index contributed by atoms with van der Waals surface area (Å²) in [5, 5.41) is 3.95. The van der Waals surface area contributed by atoms with Crippen LogP contribution in [0.5, 0.6) is 0 Å². The van der Waals surface area contributed by atoms with Crippen molar-refractivity contribution in [2.24, 2.45) is 5.41 Å². The third kappa shape index (κ3) is 3.64. The highest BCUT2D eigenvalue weighted by Gasteiger charge is 2.10. The van der Waals surface area contributed by atoms with E-state index in [2.05, 4.69) is 31.1 Å². The van der Waals surface area contributed by atoms with Crippen LogP contribution >= 0.6 is 11.6 Å². The molecule has 1 aromatic heterocycles. The van der Waals surface area contributed by atoms with Crippen molar-refractivity contribution in [1.82, 2.24) is 4.98 Å². The van der Waals surface area contributed by atoms with Crippen molar-refractivity contribution in [3.05, 3.63) is 23.5 Å². The van der Waals surface area contributed by atoms with E-state index in [9.17, 15) is 0 Å². The standard InChI is InChI=1S/C10H15ClN2/c1-10(2,3)7-13-9-4-5-12-6-8(9)11/h4-6H,7H2,1-3H3,(H,12,13). The summed E-state index contributed by atoms with van der Waals surface area (Å²) in [5.74, 6) is 0. The highest BCUT2D eigenvalue weighted by atomic mass is 35.5. The lowest BCUT2D eigenvalue weighted by Crippen LogP contribution is -2.19. The van der Waals surface area contributed by atoms with Crippen molar-refractivity contribution < 1.29 is 0 Å². The molecular formula is C10H15ClN2. The second-order valence-corrected chi connectivity index (χ2v) is 4.68. The van der Waals surface area contributed by atoms with E-state index in [1.165, 1.54) is 0 Å². The summed E-state index contributed by atoms with van der Waals surface area (Å²) in [6.45, 7) is 7.43. The van der Waals surface area contributed by atoms with Gasteiger partial charge >= 0.3 is 0 Å². The molecule has 0 atom stereocenters. The largest absolute Gasteiger partial charge is 0.383 e. The van der Waals surface area contributed by atoms with E-state index in [4.69, 9.17) is 11.6 Å². The number of anilines is 1. The van der Waals surface area contributed by atoms with Gasteiger partial charge in [0.2, 0.25) is 0 Å². The van der Waals surface area contributed by atoms with Gasteiger partial charge in [-0.25, -0.2) is 0 Å². The number of hydrogen-bond donors (Lipinski definition) is 1. The van der Waals surface area contributed by atoms with E-state index in [0.717, 1.165) is 12.2 Å². The Morgan fingerprint density at radius 3 is 2.69 bits per heavy atom. The maximum absolute atomic E-state index is 5.93. The second kappa shape index (κ2) is 3.97. The topological polar surface area (TPSA) is 24.9 Å². The molecule has 0 aliphatic rings. The molecule has 0 bridgehead atoms. The zero-order valence-electron chi connectivity index (χ0n) is 8.26. The first-order valence-electron chi connectivity index (χ1n) is 4.32. The molecule has 0 radical (unpaired) electrons. The van der Waals surface area contributed by atoms with Gasteiger partial charge in [-0.05, 0) is 11.5 Å². The minimum Gasteiger partial charge on any atom is -0.383 e. The molecule has 1 rings (SSSR count). The fourth-order valence-corrected chi connectivity index (χ4v) is 1.07. The van der Waals surface area contributed by atoms with E-state index in [-0.39, 0.29) is 5.41 Å². The Morgan fingerprint density at radius 2 is 2.15 bits per heavy atom. The molecule has 0 spiro atoms. The van der Waals surface area contributed by atoms with Gasteiger partial charge in [0.1, 0.15) is 0 Å². The predicted molar refractivity (Wildman–Crippen MR) is 57.2 cm³/mol. The first-order valence-corrected chi connectivity index (χ1v) is 4.70. The molecule has 1 heterocycles. The molecule has 72 valence electrons. The van der Waals surface area contributed by atoms with Crippen LogP contribution in [-0.4, -0.2) is 11.5 Å². The summed E-state index contributed by atoms with van der Waals surface area (Å²) in [7, 11) is 0. The van der Waals surface area contributed by atoms with Gasteiger partial charge in [-0.1, -0.05) is 32.4 Å². The quantitative estimate of drug-likeness (QED) is 0.790. The second-order valence-electron chi connectivity index (χ2n) is 4.27. The van der Waals surface area contributed by atoms with Gasteiger partial charge in [-0.2, -0.15) is 0 Å². The van der Waals surface area contributed by atoms with Crippen LogP contribution in [0.15, 0.2) is 18.5 Å². The van der Waals surface area contributed by atoms with Crippen molar-refractivity contribution in [2.75, 3.05) is 11.9 Å². The normalized spacial score (nSPS) is 11.4. The van der Waals surface area contributed by atoms with E-state index in [1.54, 1.807) is 12.4 Å². The molecule has 0 saturated heterocycles. The molecular weight excluding hydrogens is 184 g/mol. The first kappa shape index (κ1) is 10.3. The number of pyridine rings is 1. The number of nitrogens with one attached hydrogen (secondary N) is 1. The highest BCUT2D eigenvalue weighted by Crippen LogP contribution is 2.21. The Balaban J connectivity index is 2.60. The van der Waals surface area contributed by atoms with Crippen molar-refractivity contribution in [3.63, 3.8) is 0 Å². The predicted octanol–water partition coefficient (Wildman–Crippen LogP) is 3.19. The number of halogens is 1. The van der Waals surface area contributed by atoms with Gasteiger partial charge in [0.25, 0.3) is 0 Å². The van der Waals surface area contributed by atoms with Crippen LogP contribution in [-0.2, 0) is 0 Å². The lowest BCUT2D eigenvalue weighted by molar-refractivity contribution is 0.443. The van der Waals surface area contributed by atoms with Crippen LogP contribution in [0.1, 0.15) is 20.8 Å². The summed E-state index contributed by atoms with van der Waals surface area (Å²) >= 11 is 5.93. The van der Waals surface area contributed by atoms with Gasteiger partial charge in [-0.15, -0.1) is 0 Å². The molecule has 1 aromatic rings. The maximum atomic E-state index is 5.93. The summed E-state index contributed by atoms with van der Waals surface area (Å²) in [4.78, 5) is 3.92. The number of hydrogen-bond acceptors (Lipinski definition) is 2. The smallest absolute Gasteiger partial charge is 0.0820 e. The SMILES string of the molecule is CC(C)(C)CNc1ccncc1Cl. The summed E-state index contributed by atoms with van der Waals surface area (Å²) in [6, 6.07) is 1.88. The zero-order valence-corrected chi connectivity index (χ0v) is 9.02. The van der Waals surface area contributed by atoms with Crippen LogP contribution in [0, 0.1) is 5.41 Å². The summed E-state index contributed by atoms with van der Waals surface area (Å²) in [5.41, 5.74) is 1.21. The van der Waals surface area contributed by atoms with Crippen LogP contribution in [0.25, 0.3) is 0 Å². The van der Waals surface area contributed by atoms with Gasteiger partial charge < -0.3 is 5.32 Å². The molecule has 13 heavy (non-hydrogen) atoms. The fraction of sp³-hybridized carbons (Fsp3) is 0.500. The third-order valence-electron chi connectivity index (χ3n) is 1.58. The van der Waals surface area contributed by atoms with Gasteiger partial charge in [0.15, 0.2) is 0 Å². The molecule has 0 fully saturated rings. The third-order valence-corrected chi connectivity index (χ3v) is 1.88. The molecule has 0 unspecified atom stereocenters. The minimum absolute atomic E-state index is 0.257. The molecule has 3 heteroatoms. The molecule has 2 nitrogen and oxygen atoms in total. The molecule has 1 N–H and O–H groups in total. The maximum Gasteiger partial charge on any atom is 0.0820 e. The van der Waals surface area contributed by atoms with Gasteiger partial charge in [0.05, 0.1) is 10.7 Å². The lowest BCUT2D eigenvalue weighted by Gasteiger charge is -2.19. The van der Waals surface area contributed by atoms with Crippen LogP contribution in [0.4, 0.5) is 5.69 Å². The Labute approximate surface area is 84.3 Å². The Morgan fingerprint density at radius 1 is 1.46 bits per heavy atom. The highest BCUT2D eigenvalue weighted by molar-refractivity contribution is 6.33. The summed E-state index contributed by atoms with van der Waals surface area (Å²) in [6.07, 6.45) is 3.38. The molecule has 0 aromatic carbocycles. The van der Waals surface area contributed by atoms with Crippen molar-refractivity contribution in [2.45, 2.75) is 20.8 Å². The lowest BCUT2D eigenvalue weighted by atomic mass is 9.97. The minimum atomic E-state index is 0.257. The summed E-state index contributed by atoms with van der Waals surface area (Å²) < 4.78 is 0. The average molecular weight is 199 g/mol.